The van der Waals surface area contributed by atoms with Crippen molar-refractivity contribution >= 4 is 50.7 Å². The van der Waals surface area contributed by atoms with Gasteiger partial charge in [-0.05, 0) is 36.8 Å². The van der Waals surface area contributed by atoms with Gasteiger partial charge in [-0.15, -0.1) is 0 Å². The van der Waals surface area contributed by atoms with Crippen LogP contribution in [0.15, 0.2) is 53.1 Å². The fourth-order valence-electron chi connectivity index (χ4n) is 2.05. The van der Waals surface area contributed by atoms with Crippen LogP contribution < -0.4 is 4.72 Å². The Hall–Kier alpha value is -2.55. The van der Waals surface area contributed by atoms with Gasteiger partial charge in [0.2, 0.25) is 5.76 Å². The molecule has 0 aliphatic carbocycles. The highest BCUT2D eigenvalue weighted by Gasteiger charge is 2.20. The summed E-state index contributed by atoms with van der Waals surface area (Å²) in [5, 5.41) is 18.0. The van der Waals surface area contributed by atoms with Gasteiger partial charge in [-0.2, -0.15) is 0 Å². The lowest BCUT2D eigenvalue weighted by atomic mass is 10.1. The lowest BCUT2D eigenvalue weighted by Crippen LogP contribution is -2.14. The molecular weight excluding hydrogens is 417 g/mol. The normalized spacial score (nSPS) is 11.9. The van der Waals surface area contributed by atoms with Gasteiger partial charge in [-0.25, -0.2) is 13.2 Å². The van der Waals surface area contributed by atoms with Gasteiger partial charge in [0.25, 0.3) is 10.0 Å². The number of aliphatic carboxylic acids is 1. The average Bonchev–Trinajstić information content (AvgIpc) is 2.57. The van der Waals surface area contributed by atoms with Gasteiger partial charge < -0.3 is 10.2 Å². The lowest BCUT2D eigenvalue weighted by Gasteiger charge is -2.11. The van der Waals surface area contributed by atoms with Crippen LogP contribution in [0, 0.1) is 6.92 Å². The van der Waals surface area contributed by atoms with E-state index in [1.165, 1.54) is 36.4 Å². The Labute approximate surface area is 164 Å². The number of halogens is 2. The molecule has 0 fully saturated rings. The number of carboxylic acid groups (broad SMARTS) is 1. The minimum atomic E-state index is -4.07. The predicted octanol–water partition coefficient (Wildman–Crippen LogP) is 3.81. The molecule has 142 valence electrons. The van der Waals surface area contributed by atoms with Gasteiger partial charge >= 0.3 is 5.97 Å². The molecule has 0 aliphatic heterocycles. The zero-order chi connectivity index (χ0) is 20.4. The van der Waals surface area contributed by atoms with Gasteiger partial charge in [0.05, 0.1) is 5.02 Å². The Kier molecular flexibility index (Phi) is 6.15. The first-order valence-electron chi connectivity index (χ1n) is 7.28. The molecule has 0 aliphatic rings. The predicted molar refractivity (Wildman–Crippen MR) is 101 cm³/mol. The van der Waals surface area contributed by atoms with Gasteiger partial charge in [0.15, 0.2) is 5.78 Å². The van der Waals surface area contributed by atoms with Gasteiger partial charge in [-0.3, -0.25) is 9.52 Å². The number of carboxylic acids is 1. The van der Waals surface area contributed by atoms with E-state index in [1.54, 1.807) is 6.92 Å². The molecule has 10 heteroatoms. The Morgan fingerprint density at radius 3 is 2.37 bits per heavy atom. The second-order valence-electron chi connectivity index (χ2n) is 5.42. The monoisotopic (exact) mass is 429 g/mol. The molecule has 2 aromatic rings. The highest BCUT2D eigenvalue weighted by atomic mass is 35.5. The van der Waals surface area contributed by atoms with Crippen molar-refractivity contribution in [1.29, 1.82) is 0 Å². The first kappa shape index (κ1) is 20.8. The number of anilines is 1. The van der Waals surface area contributed by atoms with Crippen LogP contribution in [0.5, 0.6) is 0 Å². The lowest BCUT2D eigenvalue weighted by molar-refractivity contribution is -0.135. The number of aliphatic hydroxyl groups excluding tert-OH is 1. The van der Waals surface area contributed by atoms with Crippen molar-refractivity contribution in [3.05, 3.63) is 69.4 Å². The number of aryl methyl sites for hydroxylation is 1. The minimum Gasteiger partial charge on any atom is -0.502 e. The molecular formula is C17H13Cl2NO6S. The Morgan fingerprint density at radius 2 is 1.74 bits per heavy atom. The zero-order valence-corrected chi connectivity index (χ0v) is 16.1. The molecule has 27 heavy (non-hydrogen) atoms. The molecule has 0 unspecified atom stereocenters. The number of carbonyl (C=O) groups excluding carboxylic acids is 1. The number of allylic oxidation sites excluding steroid dienone is 1. The zero-order valence-electron chi connectivity index (χ0n) is 13.7. The van der Waals surface area contributed by atoms with E-state index in [0.29, 0.717) is 16.7 Å². The molecule has 3 N–H and O–H groups in total. The Bertz CT molecular complexity index is 1060. The molecule has 7 nitrogen and oxygen atoms in total. The third-order valence-corrected chi connectivity index (χ3v) is 5.64. The summed E-state index contributed by atoms with van der Waals surface area (Å²) in [5.74, 6) is -3.60. The molecule has 0 aromatic heterocycles. The number of nitrogens with one attached hydrogen (secondary N) is 1. The van der Waals surface area contributed by atoms with Crippen molar-refractivity contribution in [3.8, 4) is 0 Å². The smallest absolute Gasteiger partial charge is 0.371 e. The van der Waals surface area contributed by atoms with Crippen molar-refractivity contribution in [3.63, 3.8) is 0 Å². The summed E-state index contributed by atoms with van der Waals surface area (Å²) < 4.78 is 27.4. The number of hydrogen-bond acceptors (Lipinski definition) is 5. The molecule has 0 amide bonds. The van der Waals surface area contributed by atoms with Crippen LogP contribution in [-0.2, 0) is 14.8 Å². The summed E-state index contributed by atoms with van der Waals surface area (Å²) in [6.45, 7) is 1.62. The van der Waals surface area contributed by atoms with Gasteiger partial charge in [0.1, 0.15) is 4.90 Å². The molecule has 0 atom stereocenters. The fourth-order valence-corrected chi connectivity index (χ4v) is 3.93. The number of aliphatic hydroxyl groups is 1. The van der Waals surface area contributed by atoms with E-state index in [-0.39, 0.29) is 21.2 Å². The fraction of sp³-hybridized carbons (Fsp3) is 0.0588. The van der Waals surface area contributed by atoms with Crippen LogP contribution >= 0.6 is 23.2 Å². The van der Waals surface area contributed by atoms with Crippen LogP contribution in [0.4, 0.5) is 5.69 Å². The topological polar surface area (TPSA) is 121 Å². The van der Waals surface area contributed by atoms with E-state index < -0.39 is 27.5 Å². The van der Waals surface area contributed by atoms with Crippen molar-refractivity contribution in [1.82, 2.24) is 0 Å². The molecule has 0 radical (unpaired) electrons. The van der Waals surface area contributed by atoms with Gasteiger partial charge in [-0.1, -0.05) is 35.3 Å². The van der Waals surface area contributed by atoms with Crippen molar-refractivity contribution in [2.75, 3.05) is 4.72 Å². The molecule has 2 aromatic carbocycles. The average molecular weight is 430 g/mol. The van der Waals surface area contributed by atoms with Crippen LogP contribution in [0.1, 0.15) is 15.9 Å². The number of sulfonamides is 1. The second-order valence-corrected chi connectivity index (χ2v) is 7.88. The maximum atomic E-state index is 12.6. The van der Waals surface area contributed by atoms with Crippen LogP contribution in [0.2, 0.25) is 10.0 Å². The standard InChI is InChI=1S/C17H13Cl2NO6S/c1-9-5-16(13(19)7-12(9)18)27(25,26)20-11-4-2-3-10(6-11)14(21)8-15(22)17(23)24/h2-8,20,22H,1H3,(H,23,24)/b15-8-. The summed E-state index contributed by atoms with van der Waals surface area (Å²) in [5.41, 5.74) is 0.536. The molecule has 0 bridgehead atoms. The molecule has 2 rings (SSSR count). The van der Waals surface area contributed by atoms with Crippen LogP contribution in [-0.4, -0.2) is 30.4 Å². The maximum Gasteiger partial charge on any atom is 0.371 e. The van der Waals surface area contributed by atoms with Crippen molar-refractivity contribution in [2.45, 2.75) is 11.8 Å². The SMILES string of the molecule is Cc1cc(S(=O)(=O)Nc2cccc(C(=O)/C=C(\O)C(=O)O)c2)c(Cl)cc1Cl. The number of ketones is 1. The van der Waals surface area contributed by atoms with E-state index in [2.05, 4.69) is 4.72 Å². The summed E-state index contributed by atoms with van der Waals surface area (Å²) in [6, 6.07) is 7.95. The summed E-state index contributed by atoms with van der Waals surface area (Å²) in [7, 11) is -4.07. The third kappa shape index (κ3) is 5.00. The molecule has 0 saturated carbocycles. The quantitative estimate of drug-likeness (QED) is 0.364. The third-order valence-electron chi connectivity index (χ3n) is 3.39. The first-order valence-corrected chi connectivity index (χ1v) is 9.52. The largest absolute Gasteiger partial charge is 0.502 e. The van der Waals surface area contributed by atoms with Gasteiger partial charge in [0, 0.05) is 22.3 Å². The number of hydrogen-bond donors (Lipinski definition) is 3. The Morgan fingerprint density at radius 1 is 1.07 bits per heavy atom. The highest BCUT2D eigenvalue weighted by molar-refractivity contribution is 7.92. The highest BCUT2D eigenvalue weighted by Crippen LogP contribution is 2.29. The van der Waals surface area contributed by atoms with E-state index >= 15 is 0 Å². The molecule has 0 heterocycles. The second kappa shape index (κ2) is 7.99. The van der Waals surface area contributed by atoms with Crippen LogP contribution in [0.3, 0.4) is 0 Å². The molecule has 0 spiro atoms. The molecule has 0 saturated heterocycles. The number of carbonyl (C=O) groups is 2. The maximum absolute atomic E-state index is 12.6. The van der Waals surface area contributed by atoms with E-state index in [4.69, 9.17) is 33.4 Å². The Balaban J connectivity index is 2.36. The summed E-state index contributed by atoms with van der Waals surface area (Å²) in [6.07, 6.45) is 0.523. The minimum absolute atomic E-state index is 0.0265. The number of rotatable bonds is 6. The van der Waals surface area contributed by atoms with E-state index in [1.807, 2.05) is 0 Å². The van der Waals surface area contributed by atoms with E-state index in [9.17, 15) is 18.0 Å². The van der Waals surface area contributed by atoms with E-state index in [0.717, 1.165) is 0 Å². The van der Waals surface area contributed by atoms with Crippen molar-refractivity contribution < 1.29 is 28.2 Å². The first-order chi connectivity index (χ1) is 12.5. The van der Waals surface area contributed by atoms with Crippen molar-refractivity contribution in [2.24, 2.45) is 0 Å². The summed E-state index contributed by atoms with van der Waals surface area (Å²) in [4.78, 5) is 22.4. The number of benzene rings is 2. The van der Waals surface area contributed by atoms with Crippen LogP contribution in [0.25, 0.3) is 0 Å². The summed E-state index contributed by atoms with van der Waals surface area (Å²) >= 11 is 11.9.